The van der Waals surface area contributed by atoms with E-state index in [0.29, 0.717) is 12.5 Å². The molecule has 0 radical (unpaired) electrons. The second kappa shape index (κ2) is 8.36. The molecule has 0 aliphatic carbocycles. The van der Waals surface area contributed by atoms with Crippen LogP contribution in [0, 0.1) is 5.82 Å². The van der Waals surface area contributed by atoms with Crippen LogP contribution in [0.5, 0.6) is 5.75 Å². The molecule has 1 aromatic carbocycles. The maximum Gasteiger partial charge on any atom is 0.573 e. The molecule has 22 heavy (non-hydrogen) atoms. The van der Waals surface area contributed by atoms with Gasteiger partial charge in [0.25, 0.3) is 0 Å². The fourth-order valence-corrected chi connectivity index (χ4v) is 1.29. The van der Waals surface area contributed by atoms with E-state index in [1.54, 1.807) is 0 Å². The monoisotopic (exact) mass is 328 g/mol. The third kappa shape index (κ3) is 7.06. The van der Waals surface area contributed by atoms with Gasteiger partial charge in [-0.3, -0.25) is 9.80 Å². The molecule has 0 unspecified atom stereocenters. The Morgan fingerprint density at radius 3 is 2.14 bits per heavy atom. The quantitative estimate of drug-likeness (QED) is 0.244. The van der Waals surface area contributed by atoms with E-state index in [-0.39, 0.29) is 11.3 Å². The lowest BCUT2D eigenvalue weighted by atomic mass is 10.1. The molecule has 7 nitrogen and oxygen atoms in total. The lowest BCUT2D eigenvalue weighted by molar-refractivity contribution is -0.275. The van der Waals surface area contributed by atoms with Crippen molar-refractivity contribution >= 4 is 12.1 Å². The highest BCUT2D eigenvalue weighted by atomic mass is 19.4. The molecule has 0 aliphatic rings. The molecular weight excluding hydrogens is 312 g/mol. The van der Waals surface area contributed by atoms with Gasteiger partial charge in [0, 0.05) is 25.7 Å². The number of alkyl halides is 3. The van der Waals surface area contributed by atoms with Gasteiger partial charge in [0.05, 0.1) is 12.3 Å². The van der Waals surface area contributed by atoms with Gasteiger partial charge in [0.15, 0.2) is 0 Å². The molecule has 0 saturated heterocycles. The largest absolute Gasteiger partial charge is 0.573 e. The Bertz CT molecular complexity index is 495. The van der Waals surface area contributed by atoms with Crippen LogP contribution in [0.4, 0.5) is 23.2 Å². The standard InChI is InChI=1S/C9H10F4N2O2.C2H6N2O/c1-15(14)7-2-5(10)3-8(6(7)4-16)17-9(11,12)13;1-4(3)2-5/h2-3,16H,4,14H2,1H3;2H,3H2,1H3. The minimum absolute atomic E-state index is 0.0910. The Balaban J connectivity index is 0.000000763. The number of carbonyl (C=O) groups is 1. The van der Waals surface area contributed by atoms with Crippen LogP contribution in [0.2, 0.25) is 0 Å². The fourth-order valence-electron chi connectivity index (χ4n) is 1.29. The highest BCUT2D eigenvalue weighted by Crippen LogP contribution is 2.33. The smallest absolute Gasteiger partial charge is 0.405 e. The van der Waals surface area contributed by atoms with Gasteiger partial charge in [-0.05, 0) is 6.07 Å². The highest BCUT2D eigenvalue weighted by Gasteiger charge is 2.33. The number of rotatable bonds is 4. The number of nitrogens with zero attached hydrogens (tertiary/aromatic N) is 2. The van der Waals surface area contributed by atoms with Crippen LogP contribution >= 0.6 is 0 Å². The summed E-state index contributed by atoms with van der Waals surface area (Å²) in [5.74, 6) is 8.30. The third-order valence-corrected chi connectivity index (χ3v) is 2.08. The topological polar surface area (TPSA) is 105 Å². The van der Waals surface area contributed by atoms with Crippen molar-refractivity contribution in [2.24, 2.45) is 11.7 Å². The molecule has 0 aliphatic heterocycles. The van der Waals surface area contributed by atoms with Crippen molar-refractivity contribution in [1.29, 1.82) is 0 Å². The molecule has 1 aromatic rings. The summed E-state index contributed by atoms with van der Waals surface area (Å²) in [6, 6.07) is 1.43. The van der Waals surface area contributed by atoms with Gasteiger partial charge in [-0.25, -0.2) is 16.1 Å². The van der Waals surface area contributed by atoms with Crippen LogP contribution in [0.25, 0.3) is 0 Å². The van der Waals surface area contributed by atoms with Gasteiger partial charge in [0.2, 0.25) is 6.41 Å². The molecule has 0 fully saturated rings. The first kappa shape index (κ1) is 19.9. The average Bonchev–Trinajstić information content (AvgIpc) is 2.36. The van der Waals surface area contributed by atoms with Gasteiger partial charge in [-0.1, -0.05) is 0 Å². The number of hydrogen-bond donors (Lipinski definition) is 3. The zero-order valence-corrected chi connectivity index (χ0v) is 11.8. The average molecular weight is 328 g/mol. The zero-order valence-electron chi connectivity index (χ0n) is 11.8. The van der Waals surface area contributed by atoms with Crippen molar-refractivity contribution in [2.45, 2.75) is 13.0 Å². The third-order valence-electron chi connectivity index (χ3n) is 2.08. The fraction of sp³-hybridized carbons (Fsp3) is 0.364. The maximum atomic E-state index is 13.1. The van der Waals surface area contributed by atoms with E-state index in [0.717, 1.165) is 16.1 Å². The zero-order chi connectivity index (χ0) is 17.5. The van der Waals surface area contributed by atoms with Crippen molar-refractivity contribution in [2.75, 3.05) is 19.1 Å². The van der Waals surface area contributed by atoms with Crippen LogP contribution in [-0.2, 0) is 11.4 Å². The number of aliphatic hydroxyl groups is 1. The van der Waals surface area contributed by atoms with E-state index in [4.69, 9.17) is 16.8 Å². The van der Waals surface area contributed by atoms with Crippen molar-refractivity contribution < 1.29 is 32.2 Å². The Morgan fingerprint density at radius 1 is 1.32 bits per heavy atom. The first-order valence-corrected chi connectivity index (χ1v) is 5.62. The number of ether oxygens (including phenoxy) is 1. The molecule has 0 spiro atoms. The van der Waals surface area contributed by atoms with Crippen molar-refractivity contribution in [3.63, 3.8) is 0 Å². The lowest BCUT2D eigenvalue weighted by Crippen LogP contribution is -2.27. The first-order chi connectivity index (χ1) is 10.0. The molecule has 0 aromatic heterocycles. The van der Waals surface area contributed by atoms with E-state index in [2.05, 4.69) is 4.74 Å². The van der Waals surface area contributed by atoms with Crippen LogP contribution in [-0.4, -0.2) is 37.0 Å². The summed E-state index contributed by atoms with van der Waals surface area (Å²) in [5, 5.41) is 10.8. The van der Waals surface area contributed by atoms with Crippen LogP contribution in [0.3, 0.4) is 0 Å². The SMILES string of the molecule is CN(N)C=O.CN(N)c1cc(F)cc(OC(F)(F)F)c1CO. The number of benzene rings is 1. The summed E-state index contributed by atoms with van der Waals surface area (Å²) in [6.45, 7) is -0.761. The molecule has 126 valence electrons. The number of halogens is 4. The van der Waals surface area contributed by atoms with Crippen molar-refractivity contribution in [3.05, 3.63) is 23.5 Å². The summed E-state index contributed by atoms with van der Waals surface area (Å²) in [6.07, 6.45) is -4.44. The van der Waals surface area contributed by atoms with E-state index in [9.17, 15) is 22.4 Å². The second-order valence-corrected chi connectivity index (χ2v) is 3.99. The Labute approximate surface area is 123 Å². The number of hydrazine groups is 2. The summed E-state index contributed by atoms with van der Waals surface area (Å²) in [7, 11) is 2.76. The van der Waals surface area contributed by atoms with Gasteiger partial charge < -0.3 is 14.9 Å². The number of anilines is 1. The first-order valence-electron chi connectivity index (χ1n) is 5.62. The molecular formula is C11H16F4N4O3. The van der Waals surface area contributed by atoms with E-state index >= 15 is 0 Å². The number of carbonyl (C=O) groups excluding carboxylic acids is 1. The molecule has 0 bridgehead atoms. The molecule has 11 heteroatoms. The number of hydrogen-bond acceptors (Lipinski definition) is 6. The predicted octanol–water partition coefficient (Wildman–Crippen LogP) is 0.475. The molecule has 0 heterocycles. The van der Waals surface area contributed by atoms with Gasteiger partial charge in [-0.2, -0.15) is 0 Å². The van der Waals surface area contributed by atoms with Gasteiger partial charge >= 0.3 is 6.36 Å². The summed E-state index contributed by atoms with van der Waals surface area (Å²) >= 11 is 0. The Hall–Kier alpha value is -2.11. The highest BCUT2D eigenvalue weighted by molar-refractivity contribution is 5.58. The van der Waals surface area contributed by atoms with Crippen LogP contribution in [0.1, 0.15) is 5.56 Å². The number of nitrogens with two attached hydrogens (primary N) is 2. The van der Waals surface area contributed by atoms with E-state index < -0.39 is 24.5 Å². The molecule has 1 rings (SSSR count). The van der Waals surface area contributed by atoms with Gasteiger partial charge in [-0.15, -0.1) is 13.2 Å². The normalized spacial score (nSPS) is 10.4. The summed E-state index contributed by atoms with van der Waals surface area (Å²) in [5.41, 5.74) is -0.333. The van der Waals surface area contributed by atoms with E-state index in [1.807, 2.05) is 0 Å². The van der Waals surface area contributed by atoms with E-state index in [1.165, 1.54) is 14.1 Å². The lowest BCUT2D eigenvalue weighted by Gasteiger charge is -2.19. The minimum Gasteiger partial charge on any atom is -0.405 e. The van der Waals surface area contributed by atoms with Crippen molar-refractivity contribution in [1.82, 2.24) is 5.01 Å². The predicted molar refractivity (Wildman–Crippen MR) is 69.6 cm³/mol. The maximum absolute atomic E-state index is 13.1. The molecule has 0 atom stereocenters. The Kier molecular flexibility index (Phi) is 7.56. The van der Waals surface area contributed by atoms with Crippen LogP contribution in [0.15, 0.2) is 12.1 Å². The number of aliphatic hydroxyl groups excluding tert-OH is 1. The second-order valence-electron chi connectivity index (χ2n) is 3.99. The number of amides is 1. The summed E-state index contributed by atoms with van der Waals surface area (Å²) in [4.78, 5) is 9.31. The Morgan fingerprint density at radius 2 is 1.82 bits per heavy atom. The van der Waals surface area contributed by atoms with Crippen LogP contribution < -0.4 is 21.4 Å². The van der Waals surface area contributed by atoms with Gasteiger partial charge in [0.1, 0.15) is 11.6 Å². The molecule has 1 amide bonds. The molecule has 5 N–H and O–H groups in total. The minimum atomic E-state index is -4.97. The summed E-state index contributed by atoms with van der Waals surface area (Å²) < 4.78 is 52.8. The van der Waals surface area contributed by atoms with Crippen molar-refractivity contribution in [3.8, 4) is 5.75 Å². The molecule has 0 saturated carbocycles.